The van der Waals surface area contributed by atoms with Gasteiger partial charge in [-0.2, -0.15) is 0 Å². The summed E-state index contributed by atoms with van der Waals surface area (Å²) in [4.78, 5) is 2.17. The van der Waals surface area contributed by atoms with E-state index in [0.29, 0.717) is 19.1 Å². The molecule has 250 valence electrons. The number of benzene rings is 4. The number of fused-ring (bicyclic) bond motifs is 2. The quantitative estimate of drug-likeness (QED) is 0.0937. The maximum absolute atomic E-state index is 6.81. The lowest BCUT2D eigenvalue weighted by Crippen LogP contribution is -2.12. The first-order valence-corrected chi connectivity index (χ1v) is 18.3. The number of methoxy groups -OCH3 is 2. The lowest BCUT2D eigenvalue weighted by molar-refractivity contribution is 0.234. The topological polar surface area (TPSA) is 36.9 Å². The molecule has 4 aromatic carbocycles. The van der Waals surface area contributed by atoms with Crippen molar-refractivity contribution in [3.63, 3.8) is 0 Å². The van der Waals surface area contributed by atoms with Crippen molar-refractivity contribution in [2.75, 3.05) is 27.4 Å². The zero-order chi connectivity index (χ0) is 33.3. The van der Waals surface area contributed by atoms with Crippen molar-refractivity contribution in [2.24, 2.45) is 5.92 Å². The van der Waals surface area contributed by atoms with E-state index >= 15 is 0 Å². The maximum atomic E-state index is 6.81. The van der Waals surface area contributed by atoms with Crippen LogP contribution in [-0.4, -0.2) is 27.4 Å². The molecule has 5 aromatic rings. The Kier molecular flexibility index (Phi) is 12.1. The molecule has 0 saturated heterocycles. The van der Waals surface area contributed by atoms with Crippen molar-refractivity contribution < 1.29 is 18.9 Å². The van der Waals surface area contributed by atoms with Gasteiger partial charge in [0.05, 0.1) is 32.3 Å². The minimum Gasteiger partial charge on any atom is -0.493 e. The number of ether oxygens (including phenoxy) is 4. The van der Waals surface area contributed by atoms with E-state index in [1.54, 1.807) is 25.6 Å². The fourth-order valence-electron chi connectivity index (χ4n) is 6.57. The first kappa shape index (κ1) is 34.6. The Bertz CT molecular complexity index is 1790. The lowest BCUT2D eigenvalue weighted by atomic mass is 9.91. The Labute approximate surface area is 286 Å². The average molecular weight is 653 g/mol. The molecule has 0 N–H and O–H groups in total. The standard InChI is InChI=1S/C42H52O4S/c1-8-11-13-14-24-45-36-22-19-32-26-33(42-41(44-7)40(43-6)29(5)47-42)17-21-35(32)38(36)39-34-20-16-28(4)25-31(34)18-23-37(39)46-27-30(10-3)15-12-9-2/h16-23,25-26,30H,8-15,24,27H2,1-7H3. The molecular weight excluding hydrogens is 601 g/mol. The van der Waals surface area contributed by atoms with E-state index in [9.17, 15) is 0 Å². The zero-order valence-corrected chi connectivity index (χ0v) is 30.3. The molecule has 0 amide bonds. The number of hydrogen-bond donors (Lipinski definition) is 0. The smallest absolute Gasteiger partial charge is 0.179 e. The number of rotatable bonds is 17. The summed E-state index contributed by atoms with van der Waals surface area (Å²) in [5.74, 6) is 3.95. The molecule has 0 radical (unpaired) electrons. The maximum Gasteiger partial charge on any atom is 0.179 e. The van der Waals surface area contributed by atoms with Gasteiger partial charge in [-0.15, -0.1) is 11.3 Å². The normalized spacial score (nSPS) is 12.1. The Balaban J connectivity index is 1.69. The van der Waals surface area contributed by atoms with Gasteiger partial charge in [-0.3, -0.25) is 0 Å². The van der Waals surface area contributed by atoms with Gasteiger partial charge in [0.15, 0.2) is 11.5 Å². The molecule has 4 nitrogen and oxygen atoms in total. The van der Waals surface area contributed by atoms with E-state index in [1.165, 1.54) is 54.9 Å². The summed E-state index contributed by atoms with van der Waals surface area (Å²) >= 11 is 1.70. The van der Waals surface area contributed by atoms with E-state index < -0.39 is 0 Å². The fraction of sp³-hybridized carbons (Fsp3) is 0.429. The Morgan fingerprint density at radius 3 is 1.98 bits per heavy atom. The summed E-state index contributed by atoms with van der Waals surface area (Å²) < 4.78 is 25.0. The van der Waals surface area contributed by atoms with Crippen LogP contribution in [0.25, 0.3) is 43.1 Å². The molecule has 5 rings (SSSR count). The van der Waals surface area contributed by atoms with Gasteiger partial charge in [-0.05, 0) is 77.9 Å². The number of aryl methyl sites for hydroxylation is 2. The van der Waals surface area contributed by atoms with Gasteiger partial charge in [0.2, 0.25) is 0 Å². The fourth-order valence-corrected chi connectivity index (χ4v) is 7.66. The molecular formula is C42H52O4S. The van der Waals surface area contributed by atoms with Crippen molar-refractivity contribution >= 4 is 32.9 Å². The highest BCUT2D eigenvalue weighted by Gasteiger charge is 2.23. The predicted molar refractivity (Wildman–Crippen MR) is 201 cm³/mol. The summed E-state index contributed by atoms with van der Waals surface area (Å²) in [5.41, 5.74) is 4.56. The first-order valence-electron chi connectivity index (χ1n) is 17.5. The van der Waals surface area contributed by atoms with E-state index in [4.69, 9.17) is 18.9 Å². The summed E-state index contributed by atoms with van der Waals surface area (Å²) in [5, 5.41) is 4.68. The Hall–Kier alpha value is -3.70. The summed E-state index contributed by atoms with van der Waals surface area (Å²) in [7, 11) is 3.42. The van der Waals surface area contributed by atoms with E-state index in [1.807, 2.05) is 0 Å². The van der Waals surface area contributed by atoms with Crippen LogP contribution in [0.5, 0.6) is 23.0 Å². The number of unbranched alkanes of at least 4 members (excludes halogenated alkanes) is 4. The molecule has 1 unspecified atom stereocenters. The second-order valence-corrected chi connectivity index (χ2v) is 14.0. The zero-order valence-electron chi connectivity index (χ0n) is 29.5. The minimum atomic E-state index is 0.530. The molecule has 47 heavy (non-hydrogen) atoms. The van der Waals surface area contributed by atoms with E-state index in [-0.39, 0.29) is 0 Å². The third kappa shape index (κ3) is 7.73. The van der Waals surface area contributed by atoms with E-state index in [2.05, 4.69) is 95.3 Å². The molecule has 1 atom stereocenters. The van der Waals surface area contributed by atoms with Crippen LogP contribution < -0.4 is 18.9 Å². The molecule has 0 bridgehead atoms. The van der Waals surface area contributed by atoms with Crippen LogP contribution in [0.15, 0.2) is 60.7 Å². The summed E-state index contributed by atoms with van der Waals surface area (Å²) in [6.45, 7) is 12.4. The molecule has 0 aliphatic heterocycles. The number of hydrogen-bond acceptors (Lipinski definition) is 5. The highest BCUT2D eigenvalue weighted by molar-refractivity contribution is 7.16. The molecule has 0 aliphatic rings. The van der Waals surface area contributed by atoms with Gasteiger partial charge in [0.1, 0.15) is 11.5 Å². The van der Waals surface area contributed by atoms with Crippen LogP contribution in [0.2, 0.25) is 0 Å². The molecule has 0 aliphatic carbocycles. The number of thiophene rings is 1. The van der Waals surface area contributed by atoms with Gasteiger partial charge >= 0.3 is 0 Å². The SMILES string of the molecule is CCCCCCOc1ccc2cc(-c3sc(C)c(OC)c3OC)ccc2c1-c1c(OCC(CC)CCCC)ccc2cc(C)ccc12. The van der Waals surface area contributed by atoms with Crippen molar-refractivity contribution in [1.82, 2.24) is 0 Å². The van der Waals surface area contributed by atoms with E-state index in [0.717, 1.165) is 73.1 Å². The largest absolute Gasteiger partial charge is 0.493 e. The third-order valence-corrected chi connectivity index (χ3v) is 10.4. The highest BCUT2D eigenvalue weighted by atomic mass is 32.1. The lowest BCUT2D eigenvalue weighted by Gasteiger charge is -2.22. The third-order valence-electron chi connectivity index (χ3n) is 9.30. The van der Waals surface area contributed by atoms with Gasteiger partial charge < -0.3 is 18.9 Å². The Morgan fingerprint density at radius 1 is 0.660 bits per heavy atom. The minimum absolute atomic E-state index is 0.530. The molecule has 0 spiro atoms. The molecule has 0 fully saturated rings. The van der Waals surface area contributed by atoms with Crippen molar-refractivity contribution in [3.8, 4) is 44.6 Å². The van der Waals surface area contributed by atoms with Crippen molar-refractivity contribution in [3.05, 3.63) is 71.1 Å². The van der Waals surface area contributed by atoms with Gasteiger partial charge in [-0.1, -0.05) is 107 Å². The Morgan fingerprint density at radius 2 is 1.32 bits per heavy atom. The second-order valence-electron chi connectivity index (χ2n) is 12.7. The van der Waals surface area contributed by atoms with Crippen LogP contribution in [0.1, 0.15) is 82.6 Å². The monoisotopic (exact) mass is 652 g/mol. The predicted octanol–water partition coefficient (Wildman–Crippen LogP) is 12.6. The average Bonchev–Trinajstić information content (AvgIpc) is 3.42. The molecule has 0 saturated carbocycles. The summed E-state index contributed by atoms with van der Waals surface area (Å²) in [6, 6.07) is 22.2. The van der Waals surface area contributed by atoms with Gasteiger partial charge in [0, 0.05) is 16.0 Å². The summed E-state index contributed by atoms with van der Waals surface area (Å²) in [6.07, 6.45) is 9.38. The van der Waals surface area contributed by atoms with Crippen LogP contribution >= 0.6 is 11.3 Å². The van der Waals surface area contributed by atoms with Crippen molar-refractivity contribution in [2.45, 2.75) is 86.0 Å². The second kappa shape index (κ2) is 16.4. The van der Waals surface area contributed by atoms with Crippen LogP contribution in [-0.2, 0) is 0 Å². The highest BCUT2D eigenvalue weighted by Crippen LogP contribution is 2.50. The first-order chi connectivity index (χ1) is 22.9. The van der Waals surface area contributed by atoms with Gasteiger partial charge in [0.25, 0.3) is 0 Å². The van der Waals surface area contributed by atoms with Gasteiger partial charge in [-0.25, -0.2) is 0 Å². The molecule has 1 aromatic heterocycles. The molecule has 1 heterocycles. The van der Waals surface area contributed by atoms with Crippen LogP contribution in [0.3, 0.4) is 0 Å². The molecule has 5 heteroatoms. The van der Waals surface area contributed by atoms with Crippen molar-refractivity contribution in [1.29, 1.82) is 0 Å². The van der Waals surface area contributed by atoms with Crippen LogP contribution in [0.4, 0.5) is 0 Å². The van der Waals surface area contributed by atoms with Crippen LogP contribution in [0, 0.1) is 19.8 Å².